The fourth-order valence-corrected chi connectivity index (χ4v) is 2.24. The topological polar surface area (TPSA) is 72.9 Å². The number of carbonyl (C=O) groups excluding carboxylic acids is 1. The van der Waals surface area contributed by atoms with Crippen LogP contribution in [0.5, 0.6) is 0 Å². The first-order chi connectivity index (χ1) is 8.47. The van der Waals surface area contributed by atoms with Gasteiger partial charge in [-0.2, -0.15) is 5.10 Å². The molecule has 2 rings (SSSR count). The van der Waals surface area contributed by atoms with Crippen LogP contribution in [0.25, 0.3) is 0 Å². The molecule has 0 fully saturated rings. The first-order valence-electron chi connectivity index (χ1n) is 5.33. The van der Waals surface area contributed by atoms with Crippen LogP contribution in [0.3, 0.4) is 0 Å². The number of hydrogen-bond acceptors (Lipinski definition) is 3. The highest BCUT2D eigenvalue weighted by Crippen LogP contribution is 2.20. The molecular formula is C12H13BrN4O. The van der Waals surface area contributed by atoms with E-state index in [9.17, 15) is 4.79 Å². The minimum Gasteiger partial charge on any atom is -0.383 e. The summed E-state index contributed by atoms with van der Waals surface area (Å²) in [7, 11) is 1.69. The van der Waals surface area contributed by atoms with Gasteiger partial charge in [0.2, 0.25) is 0 Å². The second-order valence-electron chi connectivity index (χ2n) is 4.04. The van der Waals surface area contributed by atoms with Gasteiger partial charge < -0.3 is 11.1 Å². The number of aryl methyl sites for hydroxylation is 2. The average Bonchev–Trinajstić information content (AvgIpc) is 2.58. The van der Waals surface area contributed by atoms with Crippen molar-refractivity contribution in [1.82, 2.24) is 9.78 Å². The van der Waals surface area contributed by atoms with Crippen LogP contribution in [0.1, 0.15) is 15.9 Å². The zero-order valence-corrected chi connectivity index (χ0v) is 11.7. The average molecular weight is 309 g/mol. The summed E-state index contributed by atoms with van der Waals surface area (Å²) >= 11 is 3.39. The van der Waals surface area contributed by atoms with Gasteiger partial charge in [0.05, 0.1) is 6.20 Å². The Morgan fingerprint density at radius 3 is 2.72 bits per heavy atom. The summed E-state index contributed by atoms with van der Waals surface area (Å²) in [5.41, 5.74) is 7.89. The number of carbonyl (C=O) groups is 1. The fraction of sp³-hybridized carbons (Fsp3) is 0.167. The summed E-state index contributed by atoms with van der Waals surface area (Å²) in [5, 5.41) is 6.73. The molecular weight excluding hydrogens is 296 g/mol. The van der Waals surface area contributed by atoms with Gasteiger partial charge in [-0.05, 0) is 30.7 Å². The van der Waals surface area contributed by atoms with E-state index in [2.05, 4.69) is 26.3 Å². The second kappa shape index (κ2) is 4.81. The highest BCUT2D eigenvalue weighted by Gasteiger charge is 2.13. The van der Waals surface area contributed by atoms with E-state index in [4.69, 9.17) is 5.73 Å². The molecule has 0 aliphatic heterocycles. The lowest BCUT2D eigenvalue weighted by molar-refractivity contribution is 0.102. The molecule has 0 saturated carbocycles. The van der Waals surface area contributed by atoms with Gasteiger partial charge in [-0.25, -0.2) is 0 Å². The Hall–Kier alpha value is -1.82. The SMILES string of the molecule is Cc1cc(Br)cc(NC(=O)c2cnn(C)c2N)c1. The van der Waals surface area contributed by atoms with Gasteiger partial charge >= 0.3 is 0 Å². The van der Waals surface area contributed by atoms with Crippen molar-refractivity contribution in [2.45, 2.75) is 6.92 Å². The van der Waals surface area contributed by atoms with E-state index in [0.717, 1.165) is 15.7 Å². The molecule has 1 aromatic carbocycles. The van der Waals surface area contributed by atoms with E-state index in [1.54, 1.807) is 7.05 Å². The lowest BCUT2D eigenvalue weighted by Crippen LogP contribution is -2.13. The molecule has 0 atom stereocenters. The molecule has 6 heteroatoms. The number of anilines is 2. The molecule has 0 saturated heterocycles. The summed E-state index contributed by atoms with van der Waals surface area (Å²) in [6, 6.07) is 5.68. The van der Waals surface area contributed by atoms with Crippen molar-refractivity contribution < 1.29 is 4.79 Å². The maximum atomic E-state index is 12.0. The molecule has 0 bridgehead atoms. The number of hydrogen-bond donors (Lipinski definition) is 2. The van der Waals surface area contributed by atoms with Crippen LogP contribution in [-0.2, 0) is 7.05 Å². The van der Waals surface area contributed by atoms with Crippen LogP contribution < -0.4 is 11.1 Å². The number of rotatable bonds is 2. The molecule has 1 aromatic heterocycles. The second-order valence-corrected chi connectivity index (χ2v) is 4.95. The number of halogens is 1. The van der Waals surface area contributed by atoms with Crippen LogP contribution in [0, 0.1) is 6.92 Å². The van der Waals surface area contributed by atoms with Crippen molar-refractivity contribution in [2.75, 3.05) is 11.1 Å². The summed E-state index contributed by atoms with van der Waals surface area (Å²) in [6.45, 7) is 1.96. The van der Waals surface area contributed by atoms with E-state index in [1.807, 2.05) is 25.1 Å². The van der Waals surface area contributed by atoms with Crippen LogP contribution in [0.4, 0.5) is 11.5 Å². The minimum absolute atomic E-state index is 0.266. The van der Waals surface area contributed by atoms with Crippen molar-refractivity contribution in [3.8, 4) is 0 Å². The first-order valence-corrected chi connectivity index (χ1v) is 6.12. The molecule has 5 nitrogen and oxygen atoms in total. The quantitative estimate of drug-likeness (QED) is 0.894. The zero-order chi connectivity index (χ0) is 13.3. The van der Waals surface area contributed by atoms with Crippen LogP contribution in [-0.4, -0.2) is 15.7 Å². The number of amides is 1. The molecule has 0 aliphatic carbocycles. The summed E-state index contributed by atoms with van der Waals surface area (Å²) < 4.78 is 2.37. The lowest BCUT2D eigenvalue weighted by Gasteiger charge is -2.06. The summed E-state index contributed by atoms with van der Waals surface area (Å²) in [6.07, 6.45) is 1.45. The maximum Gasteiger partial charge on any atom is 0.261 e. The fourth-order valence-electron chi connectivity index (χ4n) is 1.63. The van der Waals surface area contributed by atoms with Crippen molar-refractivity contribution >= 4 is 33.3 Å². The number of nitrogens with zero attached hydrogens (tertiary/aromatic N) is 2. The Bertz CT molecular complexity index is 586. The van der Waals surface area contributed by atoms with Crippen molar-refractivity contribution in [2.24, 2.45) is 7.05 Å². The molecule has 0 aliphatic rings. The van der Waals surface area contributed by atoms with Gasteiger partial charge in [-0.3, -0.25) is 9.48 Å². The predicted molar refractivity (Wildman–Crippen MR) is 74.5 cm³/mol. The van der Waals surface area contributed by atoms with E-state index in [1.165, 1.54) is 10.9 Å². The van der Waals surface area contributed by atoms with Gasteiger partial charge in [0, 0.05) is 17.2 Å². The standard InChI is InChI=1S/C12H13BrN4O/c1-7-3-8(13)5-9(4-7)16-12(18)10-6-15-17(2)11(10)14/h3-6H,14H2,1-2H3,(H,16,18). The van der Waals surface area contributed by atoms with Gasteiger partial charge in [-0.15, -0.1) is 0 Å². The molecule has 0 radical (unpaired) electrons. The van der Waals surface area contributed by atoms with E-state index in [0.29, 0.717) is 11.4 Å². The first kappa shape index (κ1) is 12.6. The van der Waals surface area contributed by atoms with Crippen molar-refractivity contribution in [3.05, 3.63) is 40.0 Å². The number of nitrogens with two attached hydrogens (primary N) is 1. The Morgan fingerprint density at radius 1 is 1.44 bits per heavy atom. The van der Waals surface area contributed by atoms with Gasteiger partial charge in [-0.1, -0.05) is 15.9 Å². The molecule has 1 heterocycles. The van der Waals surface area contributed by atoms with Crippen LogP contribution >= 0.6 is 15.9 Å². The van der Waals surface area contributed by atoms with Gasteiger partial charge in [0.25, 0.3) is 5.91 Å². The van der Waals surface area contributed by atoms with Gasteiger partial charge in [0.15, 0.2) is 0 Å². The van der Waals surface area contributed by atoms with E-state index >= 15 is 0 Å². The third kappa shape index (κ3) is 2.53. The third-order valence-corrected chi connectivity index (χ3v) is 2.99. The number of aromatic nitrogens is 2. The molecule has 3 N–H and O–H groups in total. The molecule has 0 unspecified atom stereocenters. The maximum absolute atomic E-state index is 12.0. The highest BCUT2D eigenvalue weighted by molar-refractivity contribution is 9.10. The number of nitrogens with one attached hydrogen (secondary N) is 1. The Labute approximate surface area is 113 Å². The van der Waals surface area contributed by atoms with Crippen molar-refractivity contribution in [1.29, 1.82) is 0 Å². The van der Waals surface area contributed by atoms with Gasteiger partial charge in [0.1, 0.15) is 11.4 Å². The Kier molecular flexibility index (Phi) is 3.38. The number of nitrogen functional groups attached to an aromatic ring is 1. The predicted octanol–water partition coefficient (Wildman–Crippen LogP) is 2.33. The summed E-state index contributed by atoms with van der Waals surface area (Å²) in [5.74, 6) is 0.0809. The lowest BCUT2D eigenvalue weighted by atomic mass is 10.2. The zero-order valence-electron chi connectivity index (χ0n) is 10.1. The van der Waals surface area contributed by atoms with Crippen molar-refractivity contribution in [3.63, 3.8) is 0 Å². The largest absolute Gasteiger partial charge is 0.383 e. The monoisotopic (exact) mass is 308 g/mol. The molecule has 94 valence electrons. The normalized spacial score (nSPS) is 10.4. The van der Waals surface area contributed by atoms with E-state index < -0.39 is 0 Å². The van der Waals surface area contributed by atoms with Crippen LogP contribution in [0.2, 0.25) is 0 Å². The summed E-state index contributed by atoms with van der Waals surface area (Å²) in [4.78, 5) is 12.0. The third-order valence-electron chi connectivity index (χ3n) is 2.53. The Morgan fingerprint density at radius 2 is 2.17 bits per heavy atom. The minimum atomic E-state index is -0.266. The smallest absolute Gasteiger partial charge is 0.261 e. The molecule has 1 amide bonds. The van der Waals surface area contributed by atoms with E-state index in [-0.39, 0.29) is 5.91 Å². The molecule has 0 spiro atoms. The molecule has 2 aromatic rings. The highest BCUT2D eigenvalue weighted by atomic mass is 79.9. The Balaban J connectivity index is 2.24. The van der Waals surface area contributed by atoms with Crippen LogP contribution in [0.15, 0.2) is 28.9 Å². The number of benzene rings is 1. The molecule has 18 heavy (non-hydrogen) atoms.